The Morgan fingerprint density at radius 1 is 1.10 bits per heavy atom. The van der Waals surface area contributed by atoms with Gasteiger partial charge in [0.15, 0.2) is 0 Å². The molecule has 5 nitrogen and oxygen atoms in total. The SMILES string of the molecule is CCOC(=O)C1(CS(=O)(=O)Nc2ccc(Br)cc2Cc2ccccc2)CCCCC1. The first-order valence-corrected chi connectivity index (χ1v) is 12.8. The fourth-order valence-corrected chi connectivity index (χ4v) is 6.26. The highest BCUT2D eigenvalue weighted by Crippen LogP contribution is 2.39. The number of carbonyl (C=O) groups excluding carboxylic acids is 1. The lowest BCUT2D eigenvalue weighted by Crippen LogP contribution is -2.42. The standard InChI is InChI=1S/C23H28BrNO4S/c1-2-29-22(26)23(13-7-4-8-14-23)17-30(27,28)25-21-12-11-20(24)16-19(21)15-18-9-5-3-6-10-18/h3,5-6,9-12,16,25H,2,4,7-8,13-15,17H2,1H3. The van der Waals surface area contributed by atoms with Crippen molar-refractivity contribution in [1.29, 1.82) is 0 Å². The van der Waals surface area contributed by atoms with Crippen molar-refractivity contribution < 1.29 is 17.9 Å². The molecule has 2 aromatic carbocycles. The van der Waals surface area contributed by atoms with Gasteiger partial charge >= 0.3 is 5.97 Å². The number of carbonyl (C=O) groups is 1. The zero-order valence-corrected chi connectivity index (χ0v) is 19.6. The lowest BCUT2D eigenvalue weighted by atomic mass is 9.75. The maximum Gasteiger partial charge on any atom is 0.313 e. The number of hydrogen-bond acceptors (Lipinski definition) is 4. The summed E-state index contributed by atoms with van der Waals surface area (Å²) in [6, 6.07) is 15.4. The number of halogens is 1. The van der Waals surface area contributed by atoms with E-state index in [1.54, 1.807) is 13.0 Å². The normalized spacial score (nSPS) is 16.1. The van der Waals surface area contributed by atoms with E-state index in [0.717, 1.165) is 34.9 Å². The van der Waals surface area contributed by atoms with E-state index >= 15 is 0 Å². The van der Waals surface area contributed by atoms with Crippen LogP contribution in [0.3, 0.4) is 0 Å². The van der Waals surface area contributed by atoms with E-state index in [0.29, 0.717) is 24.9 Å². The van der Waals surface area contributed by atoms with Crippen LogP contribution in [-0.4, -0.2) is 26.7 Å². The quantitative estimate of drug-likeness (QED) is 0.506. The second-order valence-corrected chi connectivity index (χ2v) is 10.5. The molecule has 0 atom stereocenters. The highest BCUT2D eigenvalue weighted by Gasteiger charge is 2.44. The maximum atomic E-state index is 13.1. The van der Waals surface area contributed by atoms with Gasteiger partial charge in [-0.15, -0.1) is 0 Å². The molecule has 1 N–H and O–H groups in total. The van der Waals surface area contributed by atoms with Crippen molar-refractivity contribution in [3.8, 4) is 0 Å². The van der Waals surface area contributed by atoms with Crippen LogP contribution in [0.25, 0.3) is 0 Å². The van der Waals surface area contributed by atoms with Gasteiger partial charge in [-0.3, -0.25) is 9.52 Å². The van der Waals surface area contributed by atoms with Gasteiger partial charge in [-0.2, -0.15) is 0 Å². The molecular weight excluding hydrogens is 466 g/mol. The van der Waals surface area contributed by atoms with Gasteiger partial charge in [0.05, 0.1) is 23.5 Å². The Hall–Kier alpha value is -1.86. The third kappa shape index (κ3) is 5.85. The highest BCUT2D eigenvalue weighted by atomic mass is 79.9. The summed E-state index contributed by atoms with van der Waals surface area (Å²) in [5.74, 6) is -0.643. The Labute approximate surface area is 187 Å². The van der Waals surface area contributed by atoms with Gasteiger partial charge in [0, 0.05) is 4.47 Å². The zero-order chi connectivity index (χ0) is 21.6. The van der Waals surface area contributed by atoms with Crippen molar-refractivity contribution in [2.24, 2.45) is 5.41 Å². The van der Waals surface area contributed by atoms with Gasteiger partial charge in [-0.25, -0.2) is 8.42 Å². The smallest absolute Gasteiger partial charge is 0.313 e. The summed E-state index contributed by atoms with van der Waals surface area (Å²) in [4.78, 5) is 12.7. The molecule has 1 aliphatic carbocycles. The Kier molecular flexibility index (Phi) is 7.58. The van der Waals surface area contributed by atoms with Gasteiger partial charge in [-0.1, -0.05) is 65.5 Å². The van der Waals surface area contributed by atoms with Crippen LogP contribution in [0.15, 0.2) is 53.0 Å². The molecule has 2 aromatic rings. The van der Waals surface area contributed by atoms with Crippen LogP contribution in [0.1, 0.15) is 50.2 Å². The Morgan fingerprint density at radius 3 is 2.47 bits per heavy atom. The minimum absolute atomic E-state index is 0.250. The fraction of sp³-hybridized carbons (Fsp3) is 0.435. The van der Waals surface area contributed by atoms with E-state index in [9.17, 15) is 13.2 Å². The molecule has 0 amide bonds. The third-order valence-electron chi connectivity index (χ3n) is 5.56. The largest absolute Gasteiger partial charge is 0.466 e. The van der Waals surface area contributed by atoms with Gasteiger partial charge in [0.1, 0.15) is 0 Å². The summed E-state index contributed by atoms with van der Waals surface area (Å²) in [5.41, 5.74) is 1.53. The van der Waals surface area contributed by atoms with Crippen molar-refractivity contribution in [2.45, 2.75) is 45.4 Å². The molecule has 1 aliphatic rings. The molecule has 7 heteroatoms. The van der Waals surface area contributed by atoms with Crippen LogP contribution < -0.4 is 4.72 Å². The Bertz CT molecular complexity index is 970. The summed E-state index contributed by atoms with van der Waals surface area (Å²) in [6.45, 7) is 2.00. The van der Waals surface area contributed by atoms with Gasteiger partial charge < -0.3 is 4.74 Å². The second-order valence-electron chi connectivity index (χ2n) is 7.89. The molecule has 0 aliphatic heterocycles. The molecule has 30 heavy (non-hydrogen) atoms. The van der Waals surface area contributed by atoms with Gasteiger partial charge in [0.2, 0.25) is 10.0 Å². The van der Waals surface area contributed by atoms with Crippen molar-refractivity contribution in [1.82, 2.24) is 0 Å². The monoisotopic (exact) mass is 493 g/mol. The third-order valence-corrected chi connectivity index (χ3v) is 7.51. The van der Waals surface area contributed by atoms with Crippen LogP contribution >= 0.6 is 15.9 Å². The average Bonchev–Trinajstić information content (AvgIpc) is 2.71. The first kappa shape index (κ1) is 22.8. The fourth-order valence-electron chi connectivity index (χ4n) is 4.11. The van der Waals surface area contributed by atoms with Crippen LogP contribution in [0.5, 0.6) is 0 Å². The lowest BCUT2D eigenvalue weighted by molar-refractivity contribution is -0.156. The summed E-state index contributed by atoms with van der Waals surface area (Å²) in [6.07, 6.45) is 4.38. The van der Waals surface area contributed by atoms with Crippen molar-refractivity contribution in [3.63, 3.8) is 0 Å². The minimum Gasteiger partial charge on any atom is -0.466 e. The average molecular weight is 494 g/mol. The molecule has 0 aromatic heterocycles. The second kappa shape index (κ2) is 9.96. The van der Waals surface area contributed by atoms with Gasteiger partial charge in [0.25, 0.3) is 0 Å². The molecular formula is C23H28BrNO4S. The van der Waals surface area contributed by atoms with E-state index in [-0.39, 0.29) is 12.4 Å². The minimum atomic E-state index is -3.75. The van der Waals surface area contributed by atoms with Crippen LogP contribution in [0.4, 0.5) is 5.69 Å². The molecule has 0 bridgehead atoms. The first-order chi connectivity index (χ1) is 14.3. The molecule has 0 radical (unpaired) electrons. The molecule has 162 valence electrons. The van der Waals surface area contributed by atoms with E-state index in [4.69, 9.17) is 4.74 Å². The topological polar surface area (TPSA) is 72.5 Å². The lowest BCUT2D eigenvalue weighted by Gasteiger charge is -2.34. The number of sulfonamides is 1. The van der Waals surface area contributed by atoms with E-state index in [1.165, 1.54) is 0 Å². The number of benzene rings is 2. The van der Waals surface area contributed by atoms with E-state index < -0.39 is 21.4 Å². The zero-order valence-electron chi connectivity index (χ0n) is 17.2. The molecule has 0 saturated heterocycles. The van der Waals surface area contributed by atoms with Crippen molar-refractivity contribution >= 4 is 37.6 Å². The number of ether oxygens (including phenoxy) is 1. The molecule has 0 spiro atoms. The van der Waals surface area contributed by atoms with Crippen LogP contribution in [0, 0.1) is 5.41 Å². The van der Waals surface area contributed by atoms with Crippen molar-refractivity contribution in [2.75, 3.05) is 17.1 Å². The predicted molar refractivity (Wildman–Crippen MR) is 123 cm³/mol. The Morgan fingerprint density at radius 2 is 1.80 bits per heavy atom. The van der Waals surface area contributed by atoms with Crippen LogP contribution in [-0.2, 0) is 26.0 Å². The summed E-state index contributed by atoms with van der Waals surface area (Å²) >= 11 is 3.48. The maximum absolute atomic E-state index is 13.1. The van der Waals surface area contributed by atoms with E-state index in [2.05, 4.69) is 20.7 Å². The Balaban J connectivity index is 1.84. The molecule has 0 heterocycles. The van der Waals surface area contributed by atoms with Crippen molar-refractivity contribution in [3.05, 3.63) is 64.1 Å². The highest BCUT2D eigenvalue weighted by molar-refractivity contribution is 9.10. The van der Waals surface area contributed by atoms with E-state index in [1.807, 2.05) is 42.5 Å². The summed E-state index contributed by atoms with van der Waals surface area (Å²) in [5, 5.41) is 0. The van der Waals surface area contributed by atoms with Gasteiger partial charge in [-0.05, 0) is 55.5 Å². The molecule has 0 unspecified atom stereocenters. The summed E-state index contributed by atoms with van der Waals surface area (Å²) < 4.78 is 35.2. The molecule has 1 saturated carbocycles. The predicted octanol–water partition coefficient (Wildman–Crippen LogP) is 5.30. The number of hydrogen-bond donors (Lipinski definition) is 1. The first-order valence-electron chi connectivity index (χ1n) is 10.3. The molecule has 3 rings (SSSR count). The number of nitrogens with one attached hydrogen (secondary N) is 1. The van der Waals surface area contributed by atoms with Crippen LogP contribution in [0.2, 0.25) is 0 Å². The number of anilines is 1. The molecule has 1 fully saturated rings. The number of esters is 1. The summed E-state index contributed by atoms with van der Waals surface area (Å²) in [7, 11) is -3.75. The number of rotatable bonds is 8.